The fourth-order valence-electron chi connectivity index (χ4n) is 6.99. The van der Waals surface area contributed by atoms with E-state index in [9.17, 15) is 69.1 Å². The van der Waals surface area contributed by atoms with Crippen LogP contribution in [-0.2, 0) is 41.8 Å². The van der Waals surface area contributed by atoms with E-state index in [0.29, 0.717) is 12.8 Å². The molecule has 0 aromatic heterocycles. The quantitative estimate of drug-likeness (QED) is 0.0111. The molecule has 0 heterocycles. The van der Waals surface area contributed by atoms with Crippen LogP contribution >= 0.6 is 15.6 Å². The summed E-state index contributed by atoms with van der Waals surface area (Å²) < 4.78 is 49.1. The molecule has 1 fully saturated rings. The number of phosphoric ester groups is 2. The van der Waals surface area contributed by atoms with E-state index < -0.39 is 102 Å². The van der Waals surface area contributed by atoms with E-state index >= 15 is 0 Å². The Hall–Kier alpha value is -2.42. The summed E-state index contributed by atoms with van der Waals surface area (Å²) in [6.07, 6.45) is 16.6. The minimum atomic E-state index is -5.41. The Morgan fingerprint density at radius 1 is 0.559 bits per heavy atom. The molecule has 11 atom stereocenters. The van der Waals surface area contributed by atoms with Crippen molar-refractivity contribution in [3.63, 3.8) is 0 Å². The highest BCUT2D eigenvalue weighted by molar-refractivity contribution is 7.47. The van der Waals surface area contributed by atoms with E-state index in [2.05, 4.69) is 30.5 Å². The Morgan fingerprint density at radius 3 is 1.68 bits per heavy atom. The number of rotatable bonds is 39. The number of carbonyl (C=O) groups excluding carboxylic acids is 2. The zero-order chi connectivity index (χ0) is 50.8. The highest BCUT2D eigenvalue weighted by atomic mass is 31.2. The zero-order valence-electron chi connectivity index (χ0n) is 39.9. The second kappa shape index (κ2) is 37.4. The van der Waals surface area contributed by atoms with Crippen molar-refractivity contribution in [2.45, 2.75) is 210 Å². The molecule has 1 aliphatic carbocycles. The van der Waals surface area contributed by atoms with Crippen LogP contribution in [0.15, 0.2) is 60.8 Å². The summed E-state index contributed by atoms with van der Waals surface area (Å²) in [6.45, 7) is 2.69. The monoisotopic (exact) mass is 1010 g/mol. The Kier molecular flexibility index (Phi) is 35.0. The van der Waals surface area contributed by atoms with Crippen LogP contribution in [0.25, 0.3) is 0 Å². The van der Waals surface area contributed by atoms with Crippen LogP contribution in [0.2, 0.25) is 0 Å². The van der Waals surface area contributed by atoms with Crippen LogP contribution in [0.3, 0.4) is 0 Å². The minimum Gasteiger partial charge on any atom is -0.462 e. The van der Waals surface area contributed by atoms with E-state index in [-0.39, 0.29) is 25.7 Å². The van der Waals surface area contributed by atoms with Crippen molar-refractivity contribution >= 4 is 27.6 Å². The lowest BCUT2D eigenvalue weighted by molar-refractivity contribution is -0.216. The fourth-order valence-corrected chi connectivity index (χ4v) is 8.53. The Labute approximate surface area is 402 Å². The third-order valence-electron chi connectivity index (χ3n) is 10.9. The number of phosphoric acid groups is 2. The molecule has 0 aliphatic heterocycles. The van der Waals surface area contributed by atoms with Gasteiger partial charge in [-0.1, -0.05) is 145 Å². The molecule has 0 amide bonds. The van der Waals surface area contributed by atoms with Gasteiger partial charge in [-0.3, -0.25) is 23.2 Å². The van der Waals surface area contributed by atoms with Crippen LogP contribution < -0.4 is 0 Å². The van der Waals surface area contributed by atoms with Crippen LogP contribution in [0, 0.1) is 0 Å². The van der Waals surface area contributed by atoms with Gasteiger partial charge in [0, 0.05) is 12.8 Å². The normalized spacial score (nSPS) is 23.2. The predicted octanol–water partition coefficient (Wildman–Crippen LogP) is 5.97. The number of unbranched alkanes of at least 4 members (excludes halogenated alkanes) is 13. The van der Waals surface area contributed by atoms with Crippen molar-refractivity contribution in [2.24, 2.45) is 0 Å². The first-order valence-corrected chi connectivity index (χ1v) is 27.2. The number of carbonyl (C=O) groups is 2. The molecule has 0 spiro atoms. The maximum absolute atomic E-state index is 13.0. The number of aliphatic hydroxyl groups excluding tert-OH is 7. The zero-order valence-corrected chi connectivity index (χ0v) is 41.6. The standard InChI is InChI=1S/C47H82O19P2/c1-3-5-7-8-9-10-11-12-13-14-15-16-17-22-26-32-41(52)64-37(35-63-68(60,61)66-47-44(55)42(53)43(54)46(45(47)56)65-67(57,58)59)34-62-40(51)33-27-31-39(50)38(49)30-25-21-19-18-20-24-29-36(48)28-23-6-4-2/h10-11,18-21,24-25,29-30,36-39,42-50,53-56H,3-9,12-17,22-23,26-28,31-35H2,1-2H3,(H,60,61)(H2,57,58,59)/b11-10-,20-18-,21-19+,29-24+,30-25+/t36-,37-,38-,39-,42?,43?,44?,45?,46-,47+/m1/s1. The molecule has 1 saturated carbocycles. The first-order valence-electron chi connectivity index (χ1n) is 24.2. The number of esters is 2. The summed E-state index contributed by atoms with van der Waals surface area (Å²) in [4.78, 5) is 54.3. The number of hydrogen-bond donors (Lipinski definition) is 10. The van der Waals surface area contributed by atoms with Crippen molar-refractivity contribution in [2.75, 3.05) is 13.2 Å². The number of hydrogen-bond acceptors (Lipinski definition) is 16. The van der Waals surface area contributed by atoms with E-state index in [4.69, 9.17) is 18.5 Å². The summed E-state index contributed by atoms with van der Waals surface area (Å²) >= 11 is 0. The molecular formula is C47H82O19P2. The second-order valence-electron chi connectivity index (χ2n) is 17.0. The number of allylic oxidation sites excluding steroid dienone is 8. The van der Waals surface area contributed by atoms with Crippen molar-refractivity contribution in [1.29, 1.82) is 0 Å². The van der Waals surface area contributed by atoms with Crippen LogP contribution in [0.4, 0.5) is 0 Å². The maximum Gasteiger partial charge on any atom is 0.472 e. The SMILES string of the molecule is CCCCCC/C=C\CCCCCCCCCC(=O)O[C@H](COC(=O)CCC[C@@H](O)[C@H](O)/C=C/C=C/C=C\C=C\[C@H](O)CCCCC)COP(=O)(O)O[C@H]1C(O)C(O)C(O)[C@@H](OP(=O)(O)O)C1O. The lowest BCUT2D eigenvalue weighted by atomic mass is 9.85. The Morgan fingerprint density at radius 2 is 1.07 bits per heavy atom. The highest BCUT2D eigenvalue weighted by Gasteiger charge is 2.54. The molecule has 21 heteroatoms. The van der Waals surface area contributed by atoms with Crippen LogP contribution in [0.1, 0.15) is 149 Å². The van der Waals surface area contributed by atoms with Gasteiger partial charge >= 0.3 is 27.6 Å². The average Bonchev–Trinajstić information content (AvgIpc) is 3.28. The summed E-state index contributed by atoms with van der Waals surface area (Å²) in [5.41, 5.74) is 0. The molecule has 1 aliphatic rings. The van der Waals surface area contributed by atoms with Crippen molar-refractivity contribution in [1.82, 2.24) is 0 Å². The molecule has 5 unspecified atom stereocenters. The Balaban J connectivity index is 2.73. The molecule has 1 rings (SSSR count). The van der Waals surface area contributed by atoms with Crippen molar-refractivity contribution in [3.05, 3.63) is 60.8 Å². The topological polar surface area (TPSA) is 317 Å². The third kappa shape index (κ3) is 31.0. The Bertz CT molecular complexity index is 1600. The van der Waals surface area contributed by atoms with Crippen LogP contribution in [0.5, 0.6) is 0 Å². The summed E-state index contributed by atoms with van der Waals surface area (Å²) in [6, 6.07) is 0. The van der Waals surface area contributed by atoms with Gasteiger partial charge in [0.05, 0.1) is 24.9 Å². The number of aliphatic hydroxyl groups is 7. The first-order chi connectivity index (χ1) is 32.3. The average molecular weight is 1010 g/mol. The van der Waals surface area contributed by atoms with Gasteiger partial charge in [-0.15, -0.1) is 0 Å². The molecule has 0 radical (unpaired) electrons. The van der Waals surface area contributed by atoms with Crippen LogP contribution in [-0.4, -0.2) is 137 Å². The molecular weight excluding hydrogens is 930 g/mol. The number of ether oxygens (including phenoxy) is 2. The maximum atomic E-state index is 13.0. The first kappa shape index (κ1) is 63.6. The van der Waals surface area contributed by atoms with E-state index in [1.165, 1.54) is 31.8 Å². The van der Waals surface area contributed by atoms with Gasteiger partial charge in [-0.25, -0.2) is 9.13 Å². The largest absolute Gasteiger partial charge is 0.472 e. The van der Waals surface area contributed by atoms with Gasteiger partial charge < -0.3 is 59.9 Å². The molecule has 10 N–H and O–H groups in total. The smallest absolute Gasteiger partial charge is 0.462 e. The van der Waals surface area contributed by atoms with Gasteiger partial charge in [0.25, 0.3) is 0 Å². The molecule has 0 aromatic rings. The second-order valence-corrected chi connectivity index (χ2v) is 19.6. The predicted molar refractivity (Wildman–Crippen MR) is 254 cm³/mol. The highest BCUT2D eigenvalue weighted by Crippen LogP contribution is 2.49. The third-order valence-corrected chi connectivity index (χ3v) is 12.4. The summed E-state index contributed by atoms with van der Waals surface area (Å²) in [5, 5.41) is 71.8. The van der Waals surface area contributed by atoms with Crippen molar-refractivity contribution < 1.29 is 92.2 Å². The molecule has 68 heavy (non-hydrogen) atoms. The lowest BCUT2D eigenvalue weighted by Crippen LogP contribution is -2.64. The summed E-state index contributed by atoms with van der Waals surface area (Å²) in [5.74, 6) is -1.54. The lowest BCUT2D eigenvalue weighted by Gasteiger charge is -2.43. The van der Waals surface area contributed by atoms with E-state index in [0.717, 1.165) is 70.6 Å². The van der Waals surface area contributed by atoms with Gasteiger partial charge in [-0.2, -0.15) is 0 Å². The molecule has 0 saturated heterocycles. The molecule has 394 valence electrons. The van der Waals surface area contributed by atoms with Gasteiger partial charge in [0.15, 0.2) is 6.10 Å². The molecule has 19 nitrogen and oxygen atoms in total. The van der Waals surface area contributed by atoms with Gasteiger partial charge in [0.1, 0.15) is 43.2 Å². The molecule has 0 bridgehead atoms. The molecule has 0 aromatic carbocycles. The fraction of sp³-hybridized carbons (Fsp3) is 0.745. The summed E-state index contributed by atoms with van der Waals surface area (Å²) in [7, 11) is -10.8. The van der Waals surface area contributed by atoms with Gasteiger partial charge in [-0.05, 0) is 51.4 Å². The van der Waals surface area contributed by atoms with E-state index in [1.54, 1.807) is 42.5 Å². The van der Waals surface area contributed by atoms with Crippen molar-refractivity contribution in [3.8, 4) is 0 Å². The minimum absolute atomic E-state index is 0.00338. The van der Waals surface area contributed by atoms with Gasteiger partial charge in [0.2, 0.25) is 0 Å². The van der Waals surface area contributed by atoms with E-state index in [1.807, 2.05) is 0 Å².